The summed E-state index contributed by atoms with van der Waals surface area (Å²) in [4.78, 5) is 13.3. The predicted molar refractivity (Wildman–Crippen MR) is 323 cm³/mol. The van der Waals surface area contributed by atoms with E-state index in [9.17, 15) is 61.0 Å². The Morgan fingerprint density at radius 2 is 0.774 bits per heavy atom. The Kier molecular flexibility index (Phi) is 43.5. The largest absolute Gasteiger partial charge is 0.394 e. The first kappa shape index (κ1) is 76.3. The van der Waals surface area contributed by atoms with Gasteiger partial charge in [0.15, 0.2) is 18.9 Å². The minimum atomic E-state index is -1.98. The monoisotopic (exact) mass is 1200 g/mol. The number of aliphatic hydroxyl groups is 11. The van der Waals surface area contributed by atoms with Crippen LogP contribution in [0.25, 0.3) is 0 Å². The highest BCUT2D eigenvalue weighted by Crippen LogP contribution is 2.33. The molecule has 0 spiro atoms. The van der Waals surface area contributed by atoms with E-state index in [1.165, 1.54) is 148 Å². The second-order valence-corrected chi connectivity index (χ2v) is 23.9. The molecule has 0 bridgehead atoms. The molecule has 3 fully saturated rings. The van der Waals surface area contributed by atoms with Crippen molar-refractivity contribution in [2.24, 2.45) is 0 Å². The molecule has 17 unspecified atom stereocenters. The van der Waals surface area contributed by atoms with Crippen molar-refractivity contribution in [3.05, 3.63) is 36.5 Å². The summed E-state index contributed by atoms with van der Waals surface area (Å²) in [5, 5.41) is 120. The molecule has 19 heteroatoms. The van der Waals surface area contributed by atoms with E-state index in [1.807, 2.05) is 6.08 Å². The van der Waals surface area contributed by atoms with E-state index >= 15 is 0 Å². The number of nitrogens with one attached hydrogen (secondary N) is 1. The highest BCUT2D eigenvalue weighted by atomic mass is 16.8. The third kappa shape index (κ3) is 30.5. The molecule has 0 aliphatic carbocycles. The average Bonchev–Trinajstić information content (AvgIpc) is 3.69. The minimum absolute atomic E-state index is 0.225. The fourth-order valence-corrected chi connectivity index (χ4v) is 11.2. The number of ether oxygens (including phenoxy) is 6. The summed E-state index contributed by atoms with van der Waals surface area (Å²) >= 11 is 0. The molecule has 84 heavy (non-hydrogen) atoms. The van der Waals surface area contributed by atoms with Crippen molar-refractivity contribution in [1.82, 2.24) is 5.32 Å². The zero-order valence-electron chi connectivity index (χ0n) is 51.6. The van der Waals surface area contributed by atoms with Crippen LogP contribution in [0.4, 0.5) is 0 Å². The molecule has 0 aromatic rings. The summed E-state index contributed by atoms with van der Waals surface area (Å²) in [5.41, 5.74) is 0. The van der Waals surface area contributed by atoms with Crippen LogP contribution in [0.5, 0.6) is 0 Å². The molecule has 19 nitrogen and oxygen atoms in total. The van der Waals surface area contributed by atoms with Gasteiger partial charge in [-0.25, -0.2) is 0 Å². The normalized spacial score (nSPS) is 29.4. The first-order valence-electron chi connectivity index (χ1n) is 33.2. The molecule has 3 aliphatic heterocycles. The van der Waals surface area contributed by atoms with Crippen LogP contribution in [-0.4, -0.2) is 193 Å². The number of carbonyl (C=O) groups excluding carboxylic acids is 1. The number of rotatable bonds is 50. The maximum absolute atomic E-state index is 13.3. The Hall–Kier alpha value is -1.99. The maximum Gasteiger partial charge on any atom is 0.220 e. The standard InChI is InChI=1S/C65H119NO18/c1-3-5-7-9-11-13-15-16-17-18-19-20-21-22-23-24-25-26-27-28-29-30-31-33-34-36-38-40-42-49(70)48(66-53(71)43-41-39-37-35-32-14-12-10-8-6-4-2)47-79-63-59(77)56(74)61(51(45-68)81-63)84-65-60(78)57(75)62(52(46-69)82-65)83-64-58(76)55(73)54(72)50(44-67)80-64/h10,12,33-34,40,42,48-52,54-65,67-70,72-78H,3-9,11,13-32,35-39,41,43-47H2,1-2H3,(H,66,71)/b12-10-,34-33+,42-40+. The molecule has 3 aliphatic rings. The lowest BCUT2D eigenvalue weighted by Crippen LogP contribution is -2.66. The molecule has 12 N–H and O–H groups in total. The Morgan fingerprint density at radius 1 is 0.417 bits per heavy atom. The lowest BCUT2D eigenvalue weighted by atomic mass is 9.96. The van der Waals surface area contributed by atoms with E-state index < -0.39 is 124 Å². The molecular formula is C65H119NO18. The van der Waals surface area contributed by atoms with Crippen molar-refractivity contribution in [1.29, 1.82) is 0 Å². The van der Waals surface area contributed by atoms with Gasteiger partial charge < -0.3 is 89.9 Å². The third-order valence-electron chi connectivity index (χ3n) is 16.7. The van der Waals surface area contributed by atoms with Gasteiger partial charge in [0, 0.05) is 6.42 Å². The number of carbonyl (C=O) groups is 1. The summed E-state index contributed by atoms with van der Waals surface area (Å²) in [5.74, 6) is -0.296. The van der Waals surface area contributed by atoms with Crippen LogP contribution in [0, 0.1) is 0 Å². The molecule has 0 aromatic carbocycles. The molecule has 0 aromatic heterocycles. The third-order valence-corrected chi connectivity index (χ3v) is 16.7. The van der Waals surface area contributed by atoms with E-state index in [-0.39, 0.29) is 18.9 Å². The maximum atomic E-state index is 13.3. The summed E-state index contributed by atoms with van der Waals surface area (Å²) in [6.07, 6.45) is 27.3. The summed E-state index contributed by atoms with van der Waals surface area (Å²) in [6.45, 7) is 1.66. The number of amides is 1. The zero-order valence-corrected chi connectivity index (χ0v) is 51.6. The second-order valence-electron chi connectivity index (χ2n) is 23.9. The smallest absolute Gasteiger partial charge is 0.220 e. The van der Waals surface area contributed by atoms with Gasteiger partial charge >= 0.3 is 0 Å². The fourth-order valence-electron chi connectivity index (χ4n) is 11.2. The topological polar surface area (TPSA) is 307 Å². The molecule has 3 rings (SSSR count). The van der Waals surface area contributed by atoms with Gasteiger partial charge in [0.05, 0.1) is 38.6 Å². The number of aliphatic hydroxyl groups excluding tert-OH is 11. The summed E-state index contributed by atoms with van der Waals surface area (Å²) in [7, 11) is 0. The Balaban J connectivity index is 1.42. The molecule has 3 saturated heterocycles. The van der Waals surface area contributed by atoms with Crippen LogP contribution in [0.15, 0.2) is 36.5 Å². The van der Waals surface area contributed by atoms with Crippen molar-refractivity contribution in [2.75, 3.05) is 26.4 Å². The van der Waals surface area contributed by atoms with Crippen LogP contribution < -0.4 is 5.32 Å². The number of unbranched alkanes of at least 4 members (excludes halogenated alkanes) is 30. The van der Waals surface area contributed by atoms with Gasteiger partial charge in [-0.3, -0.25) is 4.79 Å². The lowest BCUT2D eigenvalue weighted by Gasteiger charge is -2.48. The number of allylic oxidation sites excluding steroid dienone is 5. The van der Waals surface area contributed by atoms with Gasteiger partial charge in [-0.2, -0.15) is 0 Å². The second kappa shape index (κ2) is 47.9. The minimum Gasteiger partial charge on any atom is -0.394 e. The average molecular weight is 1200 g/mol. The Labute approximate surface area is 504 Å². The van der Waals surface area contributed by atoms with E-state index in [2.05, 4.69) is 43.5 Å². The Bertz CT molecular complexity index is 1670. The predicted octanol–water partition coefficient (Wildman–Crippen LogP) is 7.66. The highest BCUT2D eigenvalue weighted by molar-refractivity contribution is 5.76. The SMILES string of the molecule is CCCC/C=C\CCCCCCCC(=O)NC(COC1OC(CO)C(OC2OC(CO)C(OC3OC(CO)C(O)C(O)C3O)C(O)C2O)C(O)C1O)C(O)/C=C/CC/C=C/CCCCCCCCCCCCCCCCCCCCCCCC. The van der Waals surface area contributed by atoms with Gasteiger partial charge in [0.2, 0.25) is 5.91 Å². The van der Waals surface area contributed by atoms with Crippen molar-refractivity contribution in [3.8, 4) is 0 Å². The summed E-state index contributed by atoms with van der Waals surface area (Å²) < 4.78 is 34.2. The van der Waals surface area contributed by atoms with Crippen LogP contribution in [-0.2, 0) is 33.2 Å². The van der Waals surface area contributed by atoms with Gasteiger partial charge in [0.25, 0.3) is 0 Å². The van der Waals surface area contributed by atoms with E-state index in [0.717, 1.165) is 57.8 Å². The van der Waals surface area contributed by atoms with E-state index in [0.29, 0.717) is 12.8 Å². The van der Waals surface area contributed by atoms with Crippen molar-refractivity contribution >= 4 is 5.91 Å². The van der Waals surface area contributed by atoms with Gasteiger partial charge in [-0.1, -0.05) is 217 Å². The van der Waals surface area contributed by atoms with Crippen LogP contribution in [0.2, 0.25) is 0 Å². The molecule has 17 atom stereocenters. The van der Waals surface area contributed by atoms with Gasteiger partial charge in [-0.15, -0.1) is 0 Å². The highest BCUT2D eigenvalue weighted by Gasteiger charge is 2.53. The molecule has 0 radical (unpaired) electrons. The first-order valence-corrected chi connectivity index (χ1v) is 33.2. The van der Waals surface area contributed by atoms with Crippen molar-refractivity contribution in [2.45, 2.75) is 343 Å². The lowest BCUT2D eigenvalue weighted by molar-refractivity contribution is -0.379. The number of hydrogen-bond acceptors (Lipinski definition) is 18. The molecule has 1 amide bonds. The van der Waals surface area contributed by atoms with Gasteiger partial charge in [0.1, 0.15) is 73.2 Å². The van der Waals surface area contributed by atoms with Gasteiger partial charge in [-0.05, 0) is 51.4 Å². The zero-order chi connectivity index (χ0) is 61.2. The number of hydrogen-bond donors (Lipinski definition) is 12. The molecular weight excluding hydrogens is 1080 g/mol. The van der Waals surface area contributed by atoms with Crippen molar-refractivity contribution in [3.63, 3.8) is 0 Å². The van der Waals surface area contributed by atoms with Crippen LogP contribution >= 0.6 is 0 Å². The molecule has 0 saturated carbocycles. The van der Waals surface area contributed by atoms with E-state index in [4.69, 9.17) is 28.4 Å². The van der Waals surface area contributed by atoms with Crippen molar-refractivity contribution < 1.29 is 89.4 Å². The van der Waals surface area contributed by atoms with E-state index in [1.54, 1.807) is 6.08 Å². The van der Waals surface area contributed by atoms with Crippen LogP contribution in [0.3, 0.4) is 0 Å². The molecule has 492 valence electrons. The quantitative estimate of drug-likeness (QED) is 0.0205. The van der Waals surface area contributed by atoms with Crippen LogP contribution in [0.1, 0.15) is 239 Å². The summed E-state index contributed by atoms with van der Waals surface area (Å²) in [6, 6.07) is -0.993. The fraction of sp³-hybridized carbons (Fsp3) is 0.892. The molecule has 3 heterocycles. The Morgan fingerprint density at radius 3 is 1.23 bits per heavy atom. The first-order chi connectivity index (χ1) is 40.8.